The van der Waals surface area contributed by atoms with Gasteiger partial charge in [-0.2, -0.15) is 0 Å². The summed E-state index contributed by atoms with van der Waals surface area (Å²) in [6, 6.07) is 16.6. The lowest BCUT2D eigenvalue weighted by Crippen LogP contribution is -2.35. The topological polar surface area (TPSA) is 12.0 Å². The molecule has 3 heteroatoms. The van der Waals surface area contributed by atoms with Crippen molar-refractivity contribution in [3.8, 4) is 0 Å². The van der Waals surface area contributed by atoms with Crippen LogP contribution in [0.4, 0.5) is 0 Å². The van der Waals surface area contributed by atoms with Gasteiger partial charge < -0.3 is 5.32 Å². The molecule has 2 aromatic carbocycles. The van der Waals surface area contributed by atoms with Gasteiger partial charge in [0, 0.05) is 16.1 Å². The number of benzene rings is 2. The zero-order chi connectivity index (χ0) is 15.2. The summed E-state index contributed by atoms with van der Waals surface area (Å²) in [6.07, 6.45) is 0.864. The Morgan fingerprint density at radius 3 is 2.43 bits per heavy atom. The van der Waals surface area contributed by atoms with Crippen molar-refractivity contribution in [2.24, 2.45) is 0 Å². The first kappa shape index (κ1) is 16.4. The van der Waals surface area contributed by atoms with Crippen molar-refractivity contribution in [2.75, 3.05) is 6.54 Å². The number of nitrogens with one attached hydrogen (secondary N) is 1. The highest BCUT2D eigenvalue weighted by Gasteiger charge is 2.19. The molecule has 0 aliphatic heterocycles. The molecule has 0 radical (unpaired) electrons. The number of likely N-dealkylation sites (N-methyl/N-ethyl adjacent to an activating group) is 1. The maximum absolute atomic E-state index is 6.30. The molecule has 0 heterocycles. The minimum Gasteiger partial charge on any atom is -0.313 e. The molecular weight excluding hydrogens is 301 g/mol. The van der Waals surface area contributed by atoms with Gasteiger partial charge in [0.2, 0.25) is 0 Å². The van der Waals surface area contributed by atoms with Crippen molar-refractivity contribution < 1.29 is 0 Å². The summed E-state index contributed by atoms with van der Waals surface area (Å²) in [5, 5.41) is 5.09. The molecule has 2 atom stereocenters. The zero-order valence-electron chi connectivity index (χ0n) is 12.4. The first-order valence-corrected chi connectivity index (χ1v) is 8.09. The molecule has 112 valence electrons. The normalized spacial score (nSPS) is 13.9. The Labute approximate surface area is 137 Å². The van der Waals surface area contributed by atoms with Crippen LogP contribution in [-0.4, -0.2) is 12.6 Å². The van der Waals surface area contributed by atoms with Gasteiger partial charge in [-0.05, 0) is 48.2 Å². The fourth-order valence-corrected chi connectivity index (χ4v) is 3.00. The Morgan fingerprint density at radius 1 is 1.05 bits per heavy atom. The summed E-state index contributed by atoms with van der Waals surface area (Å²) in [4.78, 5) is 0. The lowest BCUT2D eigenvalue weighted by Gasteiger charge is -2.26. The highest BCUT2D eigenvalue weighted by molar-refractivity contribution is 6.33. The average molecular weight is 322 g/mol. The van der Waals surface area contributed by atoms with Crippen LogP contribution in [0.15, 0.2) is 48.5 Å². The van der Waals surface area contributed by atoms with Crippen LogP contribution in [0.3, 0.4) is 0 Å². The van der Waals surface area contributed by atoms with Crippen LogP contribution >= 0.6 is 23.2 Å². The SMILES string of the molecule is CCNC(Cc1cc(Cl)ccc1Cl)C(C)c1ccccc1. The largest absolute Gasteiger partial charge is 0.313 e. The molecule has 2 aromatic rings. The Kier molecular flexibility index (Phi) is 6.10. The molecule has 0 saturated carbocycles. The predicted octanol–water partition coefficient (Wildman–Crippen LogP) is 5.32. The van der Waals surface area contributed by atoms with Crippen molar-refractivity contribution >= 4 is 23.2 Å². The second-order valence-corrected chi connectivity index (χ2v) is 6.15. The van der Waals surface area contributed by atoms with Crippen molar-refractivity contribution in [1.29, 1.82) is 0 Å². The predicted molar refractivity (Wildman–Crippen MR) is 92.5 cm³/mol. The van der Waals surface area contributed by atoms with E-state index in [0.717, 1.165) is 28.6 Å². The molecule has 1 nitrogen and oxygen atoms in total. The second kappa shape index (κ2) is 7.84. The average Bonchev–Trinajstić information content (AvgIpc) is 2.50. The van der Waals surface area contributed by atoms with E-state index in [1.807, 2.05) is 24.3 Å². The minimum absolute atomic E-state index is 0.327. The molecule has 2 rings (SSSR count). The van der Waals surface area contributed by atoms with Crippen LogP contribution in [0.1, 0.15) is 30.9 Å². The van der Waals surface area contributed by atoms with Crippen molar-refractivity contribution in [1.82, 2.24) is 5.32 Å². The lowest BCUT2D eigenvalue weighted by molar-refractivity contribution is 0.458. The molecule has 0 fully saturated rings. The highest BCUT2D eigenvalue weighted by Crippen LogP contribution is 2.26. The van der Waals surface area contributed by atoms with E-state index >= 15 is 0 Å². The summed E-state index contributed by atoms with van der Waals surface area (Å²) < 4.78 is 0. The smallest absolute Gasteiger partial charge is 0.0439 e. The third-order valence-corrected chi connectivity index (χ3v) is 4.45. The standard InChI is InChI=1S/C18H21Cl2N/c1-3-21-18(13(2)14-7-5-4-6-8-14)12-15-11-16(19)9-10-17(15)20/h4-11,13,18,21H,3,12H2,1-2H3. The molecule has 0 amide bonds. The van der Waals surface area contributed by atoms with Gasteiger partial charge in [0.25, 0.3) is 0 Å². The summed E-state index contributed by atoms with van der Waals surface area (Å²) in [5.74, 6) is 0.404. The molecule has 0 aromatic heterocycles. The van der Waals surface area contributed by atoms with Crippen molar-refractivity contribution in [2.45, 2.75) is 32.2 Å². The number of hydrogen-bond donors (Lipinski definition) is 1. The van der Waals surface area contributed by atoms with E-state index < -0.39 is 0 Å². The van der Waals surface area contributed by atoms with Gasteiger partial charge >= 0.3 is 0 Å². The molecule has 0 saturated heterocycles. The van der Waals surface area contributed by atoms with Gasteiger partial charge in [0.15, 0.2) is 0 Å². The molecular formula is C18H21Cl2N. The van der Waals surface area contributed by atoms with Crippen molar-refractivity contribution in [3.63, 3.8) is 0 Å². The van der Waals surface area contributed by atoms with E-state index in [4.69, 9.17) is 23.2 Å². The Balaban J connectivity index is 2.21. The first-order chi connectivity index (χ1) is 10.1. The maximum atomic E-state index is 6.30. The van der Waals surface area contributed by atoms with Crippen LogP contribution in [0.2, 0.25) is 10.0 Å². The second-order valence-electron chi connectivity index (χ2n) is 5.30. The number of rotatable bonds is 6. The summed E-state index contributed by atoms with van der Waals surface area (Å²) >= 11 is 12.4. The third-order valence-electron chi connectivity index (χ3n) is 3.84. The van der Waals surface area contributed by atoms with E-state index in [1.54, 1.807) is 0 Å². The third kappa shape index (κ3) is 4.47. The van der Waals surface area contributed by atoms with E-state index in [2.05, 4.69) is 43.4 Å². The van der Waals surface area contributed by atoms with Gasteiger partial charge in [-0.1, -0.05) is 67.4 Å². The van der Waals surface area contributed by atoms with Gasteiger partial charge in [0.1, 0.15) is 0 Å². The van der Waals surface area contributed by atoms with E-state index in [-0.39, 0.29) is 0 Å². The quantitative estimate of drug-likeness (QED) is 0.759. The van der Waals surface area contributed by atoms with Gasteiger partial charge in [-0.25, -0.2) is 0 Å². The van der Waals surface area contributed by atoms with E-state index in [1.165, 1.54) is 5.56 Å². The zero-order valence-corrected chi connectivity index (χ0v) is 14.0. The molecule has 21 heavy (non-hydrogen) atoms. The van der Waals surface area contributed by atoms with Gasteiger partial charge in [-0.15, -0.1) is 0 Å². The van der Waals surface area contributed by atoms with Gasteiger partial charge in [0.05, 0.1) is 0 Å². The fourth-order valence-electron chi connectivity index (χ4n) is 2.61. The summed E-state index contributed by atoms with van der Waals surface area (Å²) in [5.41, 5.74) is 2.43. The van der Waals surface area contributed by atoms with E-state index in [9.17, 15) is 0 Å². The number of hydrogen-bond acceptors (Lipinski definition) is 1. The maximum Gasteiger partial charge on any atom is 0.0439 e. The highest BCUT2D eigenvalue weighted by atomic mass is 35.5. The Hall–Kier alpha value is -1.02. The molecule has 0 spiro atoms. The fraction of sp³-hybridized carbons (Fsp3) is 0.333. The first-order valence-electron chi connectivity index (χ1n) is 7.34. The van der Waals surface area contributed by atoms with Crippen LogP contribution in [0.5, 0.6) is 0 Å². The van der Waals surface area contributed by atoms with Gasteiger partial charge in [-0.3, -0.25) is 0 Å². The van der Waals surface area contributed by atoms with Crippen LogP contribution in [-0.2, 0) is 6.42 Å². The summed E-state index contributed by atoms with van der Waals surface area (Å²) in [7, 11) is 0. The van der Waals surface area contributed by atoms with Crippen LogP contribution < -0.4 is 5.32 Å². The lowest BCUT2D eigenvalue weighted by atomic mass is 9.89. The van der Waals surface area contributed by atoms with Crippen LogP contribution in [0.25, 0.3) is 0 Å². The molecule has 1 N–H and O–H groups in total. The molecule has 0 aliphatic carbocycles. The van der Waals surface area contributed by atoms with Crippen molar-refractivity contribution in [3.05, 3.63) is 69.7 Å². The molecule has 0 aliphatic rings. The monoisotopic (exact) mass is 321 g/mol. The number of halogens is 2. The minimum atomic E-state index is 0.327. The molecule has 2 unspecified atom stereocenters. The van der Waals surface area contributed by atoms with E-state index in [0.29, 0.717) is 12.0 Å². The Morgan fingerprint density at radius 2 is 1.76 bits per heavy atom. The Bertz CT molecular complexity index is 569. The summed E-state index contributed by atoms with van der Waals surface area (Å²) in [6.45, 7) is 5.31. The van der Waals surface area contributed by atoms with Crippen LogP contribution in [0, 0.1) is 0 Å². The molecule has 0 bridgehead atoms.